The first-order valence-corrected chi connectivity index (χ1v) is 7.78. The minimum Gasteiger partial charge on any atom is -0.497 e. The summed E-state index contributed by atoms with van der Waals surface area (Å²) in [4.78, 5) is 0.0454. The highest BCUT2D eigenvalue weighted by atomic mass is 32.2. The molecule has 0 aliphatic heterocycles. The summed E-state index contributed by atoms with van der Waals surface area (Å²) in [5, 5.41) is 7.47. The number of ether oxygens (including phenoxy) is 1. The largest absolute Gasteiger partial charge is 0.497 e. The van der Waals surface area contributed by atoms with Gasteiger partial charge in [0.1, 0.15) is 10.6 Å². The quantitative estimate of drug-likeness (QED) is 0.559. The first-order valence-electron chi connectivity index (χ1n) is 6.30. The number of nitrogens with one attached hydrogen (secondary N) is 1. The van der Waals surface area contributed by atoms with Crippen LogP contribution < -0.4 is 15.2 Å². The van der Waals surface area contributed by atoms with Crippen LogP contribution >= 0.6 is 0 Å². The standard InChI is InChI=1S/C12H17N5O3S/c1-20-10-3-4-12(11(13)9-10)21(18,19)15-5-2-7-17-8-6-14-16-17/h3-4,6,8-9,15H,2,5,7,13H2,1H3. The highest BCUT2D eigenvalue weighted by Crippen LogP contribution is 2.23. The van der Waals surface area contributed by atoms with Gasteiger partial charge in [-0.25, -0.2) is 13.1 Å². The van der Waals surface area contributed by atoms with Crippen LogP contribution in [0.15, 0.2) is 35.5 Å². The summed E-state index contributed by atoms with van der Waals surface area (Å²) in [7, 11) is -2.14. The Balaban J connectivity index is 1.95. The van der Waals surface area contributed by atoms with E-state index in [1.165, 1.54) is 19.2 Å². The van der Waals surface area contributed by atoms with E-state index in [0.717, 1.165) is 0 Å². The van der Waals surface area contributed by atoms with Crippen molar-refractivity contribution in [1.29, 1.82) is 0 Å². The van der Waals surface area contributed by atoms with E-state index >= 15 is 0 Å². The smallest absolute Gasteiger partial charge is 0.242 e. The van der Waals surface area contributed by atoms with Gasteiger partial charge in [-0.3, -0.25) is 4.68 Å². The fourth-order valence-corrected chi connectivity index (χ4v) is 2.96. The average molecular weight is 311 g/mol. The predicted octanol–water partition coefficient (Wildman–Crippen LogP) is 0.237. The number of nitrogens with two attached hydrogens (primary N) is 1. The molecule has 0 unspecified atom stereocenters. The van der Waals surface area contributed by atoms with Gasteiger partial charge in [-0.05, 0) is 18.6 Å². The van der Waals surface area contributed by atoms with E-state index in [2.05, 4.69) is 15.0 Å². The molecular weight excluding hydrogens is 294 g/mol. The Labute approximate surface area is 123 Å². The number of nitrogens with zero attached hydrogens (tertiary/aromatic N) is 3. The van der Waals surface area contributed by atoms with Gasteiger partial charge < -0.3 is 10.5 Å². The molecule has 2 rings (SSSR count). The first-order chi connectivity index (χ1) is 10.0. The molecule has 1 aromatic heterocycles. The Kier molecular flexibility index (Phi) is 4.76. The van der Waals surface area contributed by atoms with E-state index in [0.29, 0.717) is 18.7 Å². The van der Waals surface area contributed by atoms with Gasteiger partial charge in [-0.1, -0.05) is 5.21 Å². The maximum atomic E-state index is 12.1. The molecule has 3 N–H and O–H groups in total. The second kappa shape index (κ2) is 6.55. The number of aryl methyl sites for hydroxylation is 1. The molecule has 0 bridgehead atoms. The summed E-state index contributed by atoms with van der Waals surface area (Å²) in [6, 6.07) is 4.46. The number of hydrogen-bond acceptors (Lipinski definition) is 6. The number of methoxy groups -OCH3 is 1. The van der Waals surface area contributed by atoms with E-state index in [1.807, 2.05) is 0 Å². The van der Waals surface area contributed by atoms with Crippen LogP contribution in [0.4, 0.5) is 5.69 Å². The average Bonchev–Trinajstić information content (AvgIpc) is 2.96. The van der Waals surface area contributed by atoms with Crippen LogP contribution in [0.5, 0.6) is 5.75 Å². The molecule has 9 heteroatoms. The fourth-order valence-electron chi connectivity index (χ4n) is 1.78. The lowest BCUT2D eigenvalue weighted by atomic mass is 10.3. The van der Waals surface area contributed by atoms with E-state index in [1.54, 1.807) is 23.1 Å². The SMILES string of the molecule is COc1ccc(S(=O)(=O)NCCCn2ccnn2)c(N)c1. The van der Waals surface area contributed by atoms with E-state index < -0.39 is 10.0 Å². The van der Waals surface area contributed by atoms with Crippen LogP contribution in [0, 0.1) is 0 Å². The molecule has 114 valence electrons. The summed E-state index contributed by atoms with van der Waals surface area (Å²) in [6.45, 7) is 0.869. The van der Waals surface area contributed by atoms with Crippen LogP contribution in [-0.4, -0.2) is 37.1 Å². The molecule has 0 amide bonds. The van der Waals surface area contributed by atoms with Crippen molar-refractivity contribution >= 4 is 15.7 Å². The van der Waals surface area contributed by atoms with Gasteiger partial charge in [-0.2, -0.15) is 0 Å². The van der Waals surface area contributed by atoms with Gasteiger partial charge in [0.15, 0.2) is 0 Å². The summed E-state index contributed by atoms with van der Waals surface area (Å²) >= 11 is 0. The Bertz CT molecular complexity index is 685. The second-order valence-corrected chi connectivity index (χ2v) is 6.06. The lowest BCUT2D eigenvalue weighted by Crippen LogP contribution is -2.26. The normalized spacial score (nSPS) is 11.5. The predicted molar refractivity (Wildman–Crippen MR) is 77.2 cm³/mol. The molecular formula is C12H17N5O3S. The number of nitrogen functional groups attached to an aromatic ring is 1. The topological polar surface area (TPSA) is 112 Å². The molecule has 0 saturated carbocycles. The Morgan fingerprint density at radius 3 is 2.86 bits per heavy atom. The summed E-state index contributed by atoms with van der Waals surface area (Å²) in [5.41, 5.74) is 5.89. The summed E-state index contributed by atoms with van der Waals surface area (Å²) in [6.07, 6.45) is 3.89. The van der Waals surface area contributed by atoms with Crippen molar-refractivity contribution in [2.45, 2.75) is 17.9 Å². The van der Waals surface area contributed by atoms with Crippen molar-refractivity contribution in [2.75, 3.05) is 19.4 Å². The van der Waals surface area contributed by atoms with Crippen LogP contribution in [-0.2, 0) is 16.6 Å². The van der Waals surface area contributed by atoms with Gasteiger partial charge >= 0.3 is 0 Å². The zero-order chi connectivity index (χ0) is 15.3. The van der Waals surface area contributed by atoms with Crippen LogP contribution in [0.25, 0.3) is 0 Å². The van der Waals surface area contributed by atoms with Crippen LogP contribution in [0.2, 0.25) is 0 Å². The molecule has 21 heavy (non-hydrogen) atoms. The molecule has 0 aliphatic rings. The minimum atomic E-state index is -3.63. The van der Waals surface area contributed by atoms with Gasteiger partial charge in [0.05, 0.1) is 19.0 Å². The Morgan fingerprint density at radius 2 is 2.24 bits per heavy atom. The maximum Gasteiger partial charge on any atom is 0.242 e. The number of sulfonamides is 1. The number of benzene rings is 1. The van der Waals surface area contributed by atoms with E-state index in [4.69, 9.17) is 10.5 Å². The van der Waals surface area contributed by atoms with E-state index in [-0.39, 0.29) is 17.1 Å². The molecule has 0 radical (unpaired) electrons. The molecule has 0 atom stereocenters. The lowest BCUT2D eigenvalue weighted by Gasteiger charge is -2.10. The zero-order valence-corrected chi connectivity index (χ0v) is 12.4. The number of aromatic nitrogens is 3. The monoisotopic (exact) mass is 311 g/mol. The fraction of sp³-hybridized carbons (Fsp3) is 0.333. The van der Waals surface area contributed by atoms with Crippen molar-refractivity contribution in [3.05, 3.63) is 30.6 Å². The molecule has 1 aromatic carbocycles. The van der Waals surface area contributed by atoms with Gasteiger partial charge in [0, 0.05) is 25.4 Å². The van der Waals surface area contributed by atoms with Crippen molar-refractivity contribution in [3.63, 3.8) is 0 Å². The summed E-state index contributed by atoms with van der Waals surface area (Å²) < 4.78 is 33.4. The second-order valence-electron chi connectivity index (χ2n) is 4.32. The third kappa shape index (κ3) is 3.92. The van der Waals surface area contributed by atoms with Crippen molar-refractivity contribution < 1.29 is 13.2 Å². The Morgan fingerprint density at radius 1 is 1.43 bits per heavy atom. The molecule has 1 heterocycles. The molecule has 2 aromatic rings. The minimum absolute atomic E-state index is 0.0454. The van der Waals surface area contributed by atoms with Crippen molar-refractivity contribution in [3.8, 4) is 5.75 Å². The number of hydrogen-bond donors (Lipinski definition) is 2. The zero-order valence-electron chi connectivity index (χ0n) is 11.6. The first kappa shape index (κ1) is 15.3. The number of rotatable bonds is 7. The molecule has 0 aliphatic carbocycles. The van der Waals surface area contributed by atoms with E-state index in [9.17, 15) is 8.42 Å². The van der Waals surface area contributed by atoms with Gasteiger partial charge in [0.2, 0.25) is 10.0 Å². The highest BCUT2D eigenvalue weighted by molar-refractivity contribution is 7.89. The molecule has 0 saturated heterocycles. The molecule has 0 fully saturated rings. The van der Waals surface area contributed by atoms with Crippen molar-refractivity contribution in [2.24, 2.45) is 0 Å². The Hall–Kier alpha value is -2.13. The number of anilines is 1. The molecule has 0 spiro atoms. The van der Waals surface area contributed by atoms with Crippen molar-refractivity contribution in [1.82, 2.24) is 19.7 Å². The van der Waals surface area contributed by atoms with Crippen LogP contribution in [0.1, 0.15) is 6.42 Å². The summed E-state index contributed by atoms with van der Waals surface area (Å²) in [5.74, 6) is 0.512. The third-order valence-electron chi connectivity index (χ3n) is 2.83. The highest BCUT2D eigenvalue weighted by Gasteiger charge is 2.17. The maximum absolute atomic E-state index is 12.1. The van der Waals surface area contributed by atoms with Crippen LogP contribution in [0.3, 0.4) is 0 Å². The lowest BCUT2D eigenvalue weighted by molar-refractivity contribution is 0.414. The molecule has 8 nitrogen and oxygen atoms in total. The third-order valence-corrected chi connectivity index (χ3v) is 4.37. The van der Waals surface area contributed by atoms with Gasteiger partial charge in [-0.15, -0.1) is 5.10 Å². The van der Waals surface area contributed by atoms with Gasteiger partial charge in [0.25, 0.3) is 0 Å².